The van der Waals surface area contributed by atoms with Gasteiger partial charge < -0.3 is 10.6 Å². The van der Waals surface area contributed by atoms with Crippen LogP contribution in [-0.4, -0.2) is 21.7 Å². The lowest BCUT2D eigenvalue weighted by atomic mass is 10.1. The van der Waals surface area contributed by atoms with Crippen molar-refractivity contribution in [3.63, 3.8) is 0 Å². The molecule has 28 heavy (non-hydrogen) atoms. The van der Waals surface area contributed by atoms with Gasteiger partial charge in [0.1, 0.15) is 0 Å². The van der Waals surface area contributed by atoms with E-state index < -0.39 is 27.1 Å². The Labute approximate surface area is 158 Å². The van der Waals surface area contributed by atoms with E-state index in [4.69, 9.17) is 0 Å². The van der Waals surface area contributed by atoms with Crippen LogP contribution in [0.2, 0.25) is 0 Å². The van der Waals surface area contributed by atoms with Crippen LogP contribution in [0.4, 0.5) is 22.7 Å². The molecule has 10 nitrogen and oxygen atoms in total. The number of carbonyl (C=O) groups is 2. The fourth-order valence-electron chi connectivity index (χ4n) is 2.56. The summed E-state index contributed by atoms with van der Waals surface area (Å²) in [5.41, 5.74) is 0.361. The quantitative estimate of drug-likeness (QED) is 0.577. The lowest BCUT2D eigenvalue weighted by Gasteiger charge is -2.11. The molecule has 144 valence electrons. The summed E-state index contributed by atoms with van der Waals surface area (Å²) < 4.78 is 0. The second-order valence-electron chi connectivity index (χ2n) is 6.50. The lowest BCUT2D eigenvalue weighted by molar-refractivity contribution is -0.394. The maximum atomic E-state index is 12.5. The average Bonchev–Trinajstić information content (AvgIpc) is 3.49. The van der Waals surface area contributed by atoms with E-state index in [-0.39, 0.29) is 17.4 Å². The third-order valence-corrected chi connectivity index (χ3v) is 4.29. The third kappa shape index (κ3) is 4.29. The zero-order valence-corrected chi connectivity index (χ0v) is 14.8. The standard InChI is InChI=1S/C18H16N4O6/c1-10-2-5-13(8-16(10)20-17(23)11-3-4-11)19-18(24)12-6-14(21(25)26)9-15(7-12)22(27)28/h2,5-9,11H,3-4H2,1H3,(H,19,24)(H,20,23). The van der Waals surface area contributed by atoms with Crippen LogP contribution in [0.3, 0.4) is 0 Å². The molecule has 0 atom stereocenters. The summed E-state index contributed by atoms with van der Waals surface area (Å²) in [7, 11) is 0. The average molecular weight is 384 g/mol. The number of nitro benzene ring substituents is 2. The Hall–Kier alpha value is -3.82. The van der Waals surface area contributed by atoms with Gasteiger partial charge in [0.2, 0.25) is 5.91 Å². The van der Waals surface area contributed by atoms with Crippen LogP contribution in [0.25, 0.3) is 0 Å². The van der Waals surface area contributed by atoms with Crippen LogP contribution in [0.5, 0.6) is 0 Å². The summed E-state index contributed by atoms with van der Waals surface area (Å²) in [4.78, 5) is 44.7. The zero-order chi connectivity index (χ0) is 20.4. The molecule has 0 bridgehead atoms. The summed E-state index contributed by atoms with van der Waals surface area (Å²) >= 11 is 0. The smallest absolute Gasteiger partial charge is 0.277 e. The number of rotatable bonds is 6. The number of anilines is 2. The van der Waals surface area contributed by atoms with E-state index in [1.54, 1.807) is 25.1 Å². The Morgan fingerprint density at radius 1 is 0.964 bits per heavy atom. The number of amides is 2. The molecule has 3 rings (SSSR count). The van der Waals surface area contributed by atoms with Gasteiger partial charge in [0.15, 0.2) is 0 Å². The molecule has 0 aromatic heterocycles. The first-order valence-corrected chi connectivity index (χ1v) is 8.41. The van der Waals surface area contributed by atoms with Crippen LogP contribution >= 0.6 is 0 Å². The molecule has 2 amide bonds. The highest BCUT2D eigenvalue weighted by Gasteiger charge is 2.29. The van der Waals surface area contributed by atoms with Crippen LogP contribution in [0, 0.1) is 33.1 Å². The molecule has 10 heteroatoms. The molecular weight excluding hydrogens is 368 g/mol. The second kappa shape index (κ2) is 7.43. The molecule has 2 N–H and O–H groups in total. The minimum atomic E-state index is -0.804. The maximum Gasteiger partial charge on any atom is 0.277 e. The predicted molar refractivity (Wildman–Crippen MR) is 100 cm³/mol. The van der Waals surface area contributed by atoms with Gasteiger partial charge in [-0.2, -0.15) is 0 Å². The highest BCUT2D eigenvalue weighted by Crippen LogP contribution is 2.31. The third-order valence-electron chi connectivity index (χ3n) is 4.29. The van der Waals surface area contributed by atoms with Crippen molar-refractivity contribution in [2.75, 3.05) is 10.6 Å². The fourth-order valence-corrected chi connectivity index (χ4v) is 2.56. The molecule has 1 fully saturated rings. The van der Waals surface area contributed by atoms with Crippen molar-refractivity contribution in [2.45, 2.75) is 19.8 Å². The fraction of sp³-hybridized carbons (Fsp3) is 0.222. The Balaban J connectivity index is 1.83. The van der Waals surface area contributed by atoms with Crippen molar-refractivity contribution in [1.29, 1.82) is 0 Å². The van der Waals surface area contributed by atoms with E-state index in [2.05, 4.69) is 10.6 Å². The van der Waals surface area contributed by atoms with E-state index in [1.807, 2.05) is 0 Å². The van der Waals surface area contributed by atoms with Crippen molar-refractivity contribution < 1.29 is 19.4 Å². The van der Waals surface area contributed by atoms with Gasteiger partial charge in [0, 0.05) is 29.4 Å². The number of nitrogens with zero attached hydrogens (tertiary/aromatic N) is 2. The normalized spacial score (nSPS) is 12.9. The van der Waals surface area contributed by atoms with Crippen LogP contribution in [0.15, 0.2) is 36.4 Å². The molecule has 0 saturated heterocycles. The van der Waals surface area contributed by atoms with Crippen LogP contribution in [0.1, 0.15) is 28.8 Å². The molecule has 1 aliphatic rings. The monoisotopic (exact) mass is 384 g/mol. The van der Waals surface area contributed by atoms with E-state index in [0.29, 0.717) is 11.4 Å². The SMILES string of the molecule is Cc1ccc(NC(=O)c2cc([N+](=O)[O-])cc([N+](=O)[O-])c2)cc1NC(=O)C1CC1. The second-order valence-corrected chi connectivity index (χ2v) is 6.50. The molecule has 0 unspecified atom stereocenters. The number of nitro groups is 2. The van der Waals surface area contributed by atoms with E-state index >= 15 is 0 Å². The van der Waals surface area contributed by atoms with Gasteiger partial charge in [-0.3, -0.25) is 29.8 Å². The first kappa shape index (κ1) is 19.0. The van der Waals surface area contributed by atoms with Crippen LogP contribution < -0.4 is 10.6 Å². The summed E-state index contributed by atoms with van der Waals surface area (Å²) in [6.45, 7) is 1.80. The van der Waals surface area contributed by atoms with E-state index in [1.165, 1.54) is 0 Å². The van der Waals surface area contributed by atoms with Crippen molar-refractivity contribution in [2.24, 2.45) is 5.92 Å². The number of hydrogen-bond acceptors (Lipinski definition) is 6. The molecule has 0 heterocycles. The van der Waals surface area contributed by atoms with Gasteiger partial charge in [-0.05, 0) is 37.5 Å². The van der Waals surface area contributed by atoms with Crippen molar-refractivity contribution in [3.8, 4) is 0 Å². The Morgan fingerprint density at radius 2 is 1.57 bits per heavy atom. The van der Waals surface area contributed by atoms with Gasteiger partial charge in [-0.25, -0.2) is 0 Å². The first-order valence-electron chi connectivity index (χ1n) is 8.41. The summed E-state index contributed by atoms with van der Waals surface area (Å²) in [6, 6.07) is 7.59. The highest BCUT2D eigenvalue weighted by atomic mass is 16.6. The minimum absolute atomic E-state index is 0.0167. The molecule has 1 saturated carbocycles. The molecule has 1 aliphatic carbocycles. The predicted octanol–water partition coefficient (Wildman–Crippen LogP) is 3.41. The number of benzene rings is 2. The summed E-state index contributed by atoms with van der Waals surface area (Å²) in [6.07, 6.45) is 1.71. The molecule has 0 aliphatic heterocycles. The van der Waals surface area contributed by atoms with Gasteiger partial charge in [-0.15, -0.1) is 0 Å². The number of carbonyl (C=O) groups excluding carboxylic acids is 2. The van der Waals surface area contributed by atoms with E-state index in [0.717, 1.165) is 36.6 Å². The highest BCUT2D eigenvalue weighted by molar-refractivity contribution is 6.05. The first-order chi connectivity index (χ1) is 13.2. The number of aryl methyl sites for hydroxylation is 1. The van der Waals surface area contributed by atoms with E-state index in [9.17, 15) is 29.8 Å². The van der Waals surface area contributed by atoms with Crippen molar-refractivity contribution >= 4 is 34.6 Å². The van der Waals surface area contributed by atoms with Crippen molar-refractivity contribution in [1.82, 2.24) is 0 Å². The Kier molecular flexibility index (Phi) is 5.03. The maximum absolute atomic E-state index is 12.5. The van der Waals surface area contributed by atoms with Gasteiger partial charge >= 0.3 is 0 Å². The van der Waals surface area contributed by atoms with Gasteiger partial charge in [0.25, 0.3) is 17.3 Å². The zero-order valence-electron chi connectivity index (χ0n) is 14.8. The topological polar surface area (TPSA) is 144 Å². The molecule has 2 aromatic carbocycles. The molecule has 2 aromatic rings. The lowest BCUT2D eigenvalue weighted by Crippen LogP contribution is -2.16. The largest absolute Gasteiger partial charge is 0.326 e. The number of hydrogen-bond donors (Lipinski definition) is 2. The number of non-ortho nitro benzene ring substituents is 2. The molecule has 0 radical (unpaired) electrons. The summed E-state index contributed by atoms with van der Waals surface area (Å²) in [5, 5.41) is 27.3. The molecule has 0 spiro atoms. The minimum Gasteiger partial charge on any atom is -0.326 e. The molecular formula is C18H16N4O6. The van der Waals surface area contributed by atoms with Crippen molar-refractivity contribution in [3.05, 3.63) is 67.8 Å². The Bertz CT molecular complexity index is 967. The van der Waals surface area contributed by atoms with Crippen LogP contribution in [-0.2, 0) is 4.79 Å². The number of nitrogens with one attached hydrogen (secondary N) is 2. The van der Waals surface area contributed by atoms with Gasteiger partial charge in [-0.1, -0.05) is 6.07 Å². The van der Waals surface area contributed by atoms with Gasteiger partial charge in [0.05, 0.1) is 21.5 Å². The summed E-state index contributed by atoms with van der Waals surface area (Å²) in [5.74, 6) is -0.806. The Morgan fingerprint density at radius 3 is 2.11 bits per heavy atom.